The first-order valence-corrected chi connectivity index (χ1v) is 11.9. The molecule has 5 rings (SSSR count). The van der Waals surface area contributed by atoms with Crippen molar-refractivity contribution in [1.82, 2.24) is 4.90 Å². The van der Waals surface area contributed by atoms with Crippen LogP contribution >= 0.6 is 0 Å². The molecule has 0 radical (unpaired) electrons. The van der Waals surface area contributed by atoms with E-state index < -0.39 is 0 Å². The van der Waals surface area contributed by atoms with Gasteiger partial charge in [0.25, 0.3) is 0 Å². The van der Waals surface area contributed by atoms with Crippen molar-refractivity contribution < 1.29 is 14.9 Å². The van der Waals surface area contributed by atoms with Gasteiger partial charge >= 0.3 is 0 Å². The van der Waals surface area contributed by atoms with Gasteiger partial charge in [-0.25, -0.2) is 0 Å². The molecule has 172 valence electrons. The van der Waals surface area contributed by atoms with E-state index in [1.54, 1.807) is 30.3 Å². The quantitative estimate of drug-likeness (QED) is 0.480. The zero-order valence-electron chi connectivity index (χ0n) is 19.4. The molecular weight excluding hydrogens is 422 g/mol. The molecule has 2 aliphatic heterocycles. The van der Waals surface area contributed by atoms with E-state index >= 15 is 0 Å². The van der Waals surface area contributed by atoms with Gasteiger partial charge in [0.05, 0.1) is 6.54 Å². The average Bonchev–Trinajstić information content (AvgIpc) is 2.85. The molecule has 3 aromatic carbocycles. The predicted molar refractivity (Wildman–Crippen MR) is 136 cm³/mol. The Balaban J connectivity index is 1.46. The fourth-order valence-electron chi connectivity index (χ4n) is 4.83. The second-order valence-electron chi connectivity index (χ2n) is 9.03. The number of phenolic OH excluding ortho intramolecular Hbond substituents is 2. The van der Waals surface area contributed by atoms with Crippen LogP contribution in [0.3, 0.4) is 0 Å². The number of rotatable bonds is 3. The zero-order valence-corrected chi connectivity index (χ0v) is 19.4. The Kier molecular flexibility index (Phi) is 6.29. The lowest BCUT2D eigenvalue weighted by Gasteiger charge is -2.31. The molecule has 0 aliphatic carbocycles. The number of fused-ring (bicyclic) bond motifs is 1. The van der Waals surface area contributed by atoms with Gasteiger partial charge in [0.15, 0.2) is 0 Å². The Hall–Kier alpha value is -3.68. The summed E-state index contributed by atoms with van der Waals surface area (Å²) < 4.78 is 6.46. The number of likely N-dealkylation sites (tertiary alicyclic amines) is 1. The molecule has 1 unspecified atom stereocenters. The van der Waals surface area contributed by atoms with Crippen LogP contribution in [0.15, 0.2) is 66.7 Å². The first-order chi connectivity index (χ1) is 16.6. The van der Waals surface area contributed by atoms with Gasteiger partial charge in [-0.05, 0) is 92.0 Å². The summed E-state index contributed by atoms with van der Waals surface area (Å²) >= 11 is 0. The summed E-state index contributed by atoms with van der Waals surface area (Å²) in [6, 6.07) is 20.6. The van der Waals surface area contributed by atoms with Crippen molar-refractivity contribution in [1.29, 1.82) is 0 Å². The Morgan fingerprint density at radius 2 is 1.68 bits per heavy atom. The molecule has 4 nitrogen and oxygen atoms in total. The molecular formula is C30H29NO3. The fraction of sp³-hybridized carbons (Fsp3) is 0.267. The lowest BCUT2D eigenvalue weighted by atomic mass is 9.86. The third-order valence-electron chi connectivity index (χ3n) is 6.63. The molecule has 0 bridgehead atoms. The first kappa shape index (κ1) is 22.1. The molecule has 3 aromatic rings. The molecule has 0 saturated carbocycles. The van der Waals surface area contributed by atoms with Gasteiger partial charge in [-0.3, -0.25) is 4.90 Å². The van der Waals surface area contributed by atoms with Crippen molar-refractivity contribution in [2.24, 2.45) is 0 Å². The van der Waals surface area contributed by atoms with Gasteiger partial charge in [-0.2, -0.15) is 0 Å². The maximum atomic E-state index is 10.1. The summed E-state index contributed by atoms with van der Waals surface area (Å²) in [6.45, 7) is 5.15. The molecule has 1 fully saturated rings. The number of allylic oxidation sites excluding steroid dienone is 1. The minimum atomic E-state index is -0.339. The van der Waals surface area contributed by atoms with E-state index in [0.29, 0.717) is 0 Å². The Morgan fingerprint density at radius 3 is 2.44 bits per heavy atom. The highest BCUT2D eigenvalue weighted by molar-refractivity contribution is 5.95. The summed E-state index contributed by atoms with van der Waals surface area (Å²) in [7, 11) is 0. The highest BCUT2D eigenvalue weighted by atomic mass is 16.5. The summed E-state index contributed by atoms with van der Waals surface area (Å²) in [5, 5.41) is 20.2. The number of benzene rings is 3. The minimum absolute atomic E-state index is 0.197. The van der Waals surface area contributed by atoms with Crippen LogP contribution in [0.4, 0.5) is 0 Å². The number of nitrogens with zero attached hydrogens (tertiary/aromatic N) is 1. The van der Waals surface area contributed by atoms with Crippen molar-refractivity contribution in [2.45, 2.75) is 32.3 Å². The van der Waals surface area contributed by atoms with Gasteiger partial charge in [0.2, 0.25) is 0 Å². The van der Waals surface area contributed by atoms with E-state index in [9.17, 15) is 10.2 Å². The van der Waals surface area contributed by atoms with Gasteiger partial charge < -0.3 is 14.9 Å². The molecule has 2 aliphatic rings. The second kappa shape index (κ2) is 9.67. The van der Waals surface area contributed by atoms with Gasteiger partial charge in [0, 0.05) is 16.7 Å². The number of phenols is 2. The van der Waals surface area contributed by atoms with Crippen LogP contribution in [-0.4, -0.2) is 34.7 Å². The second-order valence-corrected chi connectivity index (χ2v) is 9.03. The summed E-state index contributed by atoms with van der Waals surface area (Å²) in [6.07, 6.45) is 3.54. The number of aromatic hydroxyl groups is 2. The number of hydrogen-bond acceptors (Lipinski definition) is 4. The SMILES string of the molecule is CC1=C(c2cccc(O)c2)C(c2ccc(C#CCN3CCCCC3)cc2)Oc2ccc(O)cc21. The highest BCUT2D eigenvalue weighted by Crippen LogP contribution is 2.47. The van der Waals surface area contributed by atoms with Crippen molar-refractivity contribution in [3.8, 4) is 29.1 Å². The van der Waals surface area contributed by atoms with Crippen molar-refractivity contribution >= 4 is 11.1 Å². The van der Waals surface area contributed by atoms with Crippen LogP contribution < -0.4 is 4.74 Å². The zero-order chi connectivity index (χ0) is 23.5. The normalized spacial score (nSPS) is 18.0. The topological polar surface area (TPSA) is 52.9 Å². The van der Waals surface area contributed by atoms with Gasteiger partial charge in [0.1, 0.15) is 23.4 Å². The highest BCUT2D eigenvalue weighted by Gasteiger charge is 2.29. The molecule has 34 heavy (non-hydrogen) atoms. The standard InChI is InChI=1S/C30H29NO3/c1-21-27-20-26(33)14-15-28(27)34-30(29(21)24-8-5-9-25(32)19-24)23-12-10-22(11-13-23)7-6-18-31-16-3-2-4-17-31/h5,8-15,19-20,30,32-33H,2-4,16-18H2,1H3. The lowest BCUT2D eigenvalue weighted by Crippen LogP contribution is -2.29. The minimum Gasteiger partial charge on any atom is -0.508 e. The van der Waals surface area contributed by atoms with Crippen molar-refractivity contribution in [3.05, 3.63) is 89.0 Å². The smallest absolute Gasteiger partial charge is 0.150 e. The Morgan fingerprint density at radius 1 is 0.912 bits per heavy atom. The third-order valence-corrected chi connectivity index (χ3v) is 6.63. The fourth-order valence-corrected chi connectivity index (χ4v) is 4.83. The number of hydrogen-bond donors (Lipinski definition) is 2. The molecule has 2 N–H and O–H groups in total. The number of ether oxygens (including phenoxy) is 1. The van der Waals surface area contributed by atoms with Crippen LogP contribution in [-0.2, 0) is 0 Å². The van der Waals surface area contributed by atoms with Gasteiger partial charge in [-0.1, -0.05) is 42.5 Å². The maximum absolute atomic E-state index is 10.1. The Labute approximate surface area is 201 Å². The van der Waals surface area contributed by atoms with Crippen LogP contribution in [0, 0.1) is 11.8 Å². The lowest BCUT2D eigenvalue weighted by molar-refractivity contribution is 0.255. The molecule has 4 heteroatoms. The molecule has 0 aromatic heterocycles. The van der Waals surface area contributed by atoms with E-state index in [1.165, 1.54) is 19.3 Å². The van der Waals surface area contributed by atoms with Crippen molar-refractivity contribution in [2.75, 3.05) is 19.6 Å². The number of piperidine rings is 1. The van der Waals surface area contributed by atoms with Crippen LogP contribution in [0.2, 0.25) is 0 Å². The van der Waals surface area contributed by atoms with E-state index in [4.69, 9.17) is 4.74 Å². The van der Waals surface area contributed by atoms with Crippen molar-refractivity contribution in [3.63, 3.8) is 0 Å². The van der Waals surface area contributed by atoms with Crippen LogP contribution in [0.25, 0.3) is 11.1 Å². The first-order valence-electron chi connectivity index (χ1n) is 11.9. The third kappa shape index (κ3) is 4.66. The predicted octanol–water partition coefficient (Wildman–Crippen LogP) is 6.00. The monoisotopic (exact) mass is 451 g/mol. The molecule has 1 atom stereocenters. The average molecular weight is 452 g/mol. The van der Waals surface area contributed by atoms with E-state index in [2.05, 4.69) is 28.9 Å². The van der Waals surface area contributed by atoms with Crippen LogP contribution in [0.1, 0.15) is 54.5 Å². The summed E-state index contributed by atoms with van der Waals surface area (Å²) in [4.78, 5) is 2.42. The molecule has 2 heterocycles. The summed E-state index contributed by atoms with van der Waals surface area (Å²) in [5.41, 5.74) is 5.73. The molecule has 0 spiro atoms. The molecule has 0 amide bonds. The van der Waals surface area contributed by atoms with Gasteiger partial charge in [-0.15, -0.1) is 0 Å². The maximum Gasteiger partial charge on any atom is 0.150 e. The Bertz CT molecular complexity index is 1270. The largest absolute Gasteiger partial charge is 0.508 e. The summed E-state index contributed by atoms with van der Waals surface area (Å²) in [5.74, 6) is 7.75. The van der Waals surface area contributed by atoms with E-state index in [0.717, 1.165) is 58.8 Å². The van der Waals surface area contributed by atoms with E-state index in [1.807, 2.05) is 31.2 Å². The van der Waals surface area contributed by atoms with Crippen LogP contribution in [0.5, 0.6) is 17.2 Å². The molecule has 1 saturated heterocycles. The van der Waals surface area contributed by atoms with E-state index in [-0.39, 0.29) is 17.6 Å².